The van der Waals surface area contributed by atoms with E-state index in [9.17, 15) is 4.79 Å². The zero-order valence-electron chi connectivity index (χ0n) is 6.56. The van der Waals surface area contributed by atoms with Crippen molar-refractivity contribution in [1.82, 2.24) is 14.6 Å². The summed E-state index contributed by atoms with van der Waals surface area (Å²) in [7, 11) is 0. The number of aromatic nitrogens is 3. The summed E-state index contributed by atoms with van der Waals surface area (Å²) in [5.74, 6) is 0.654. The molecule has 60 valence electrons. The Morgan fingerprint density at radius 2 is 2.33 bits per heavy atom. The second-order valence-corrected chi connectivity index (χ2v) is 2.52. The van der Waals surface area contributed by atoms with E-state index in [2.05, 4.69) is 10.1 Å². The summed E-state index contributed by atoms with van der Waals surface area (Å²) in [5.41, 5.74) is 1.39. The summed E-state index contributed by atoms with van der Waals surface area (Å²) >= 11 is 0. The molecule has 0 atom stereocenters. The lowest BCUT2D eigenvalue weighted by Gasteiger charge is -1.95. The second-order valence-electron chi connectivity index (χ2n) is 2.52. The van der Waals surface area contributed by atoms with Gasteiger partial charge in [-0.15, -0.1) is 0 Å². The quantitative estimate of drug-likeness (QED) is 0.582. The van der Waals surface area contributed by atoms with Crippen molar-refractivity contribution in [3.63, 3.8) is 0 Å². The zero-order valence-corrected chi connectivity index (χ0v) is 6.56. The van der Waals surface area contributed by atoms with Crippen LogP contribution in [-0.2, 0) is 0 Å². The molecular formula is C8H7N3O. The lowest BCUT2D eigenvalue weighted by molar-refractivity contribution is 0.111. The van der Waals surface area contributed by atoms with Crippen LogP contribution in [0.5, 0.6) is 0 Å². The fraction of sp³-hybridized carbons (Fsp3) is 0.125. The monoisotopic (exact) mass is 161 g/mol. The molecule has 2 aromatic heterocycles. The Hall–Kier alpha value is -1.71. The molecule has 12 heavy (non-hydrogen) atoms. The molecule has 0 aliphatic carbocycles. The van der Waals surface area contributed by atoms with Crippen molar-refractivity contribution >= 4 is 11.8 Å². The maximum absolute atomic E-state index is 10.5. The molecule has 0 fully saturated rings. The van der Waals surface area contributed by atoms with Gasteiger partial charge in [-0.25, -0.2) is 9.50 Å². The third-order valence-electron chi connectivity index (χ3n) is 1.66. The van der Waals surface area contributed by atoms with E-state index in [1.807, 2.05) is 6.07 Å². The molecule has 0 saturated carbocycles. The first-order valence-corrected chi connectivity index (χ1v) is 3.58. The fourth-order valence-electron chi connectivity index (χ4n) is 1.09. The number of nitrogens with zero attached hydrogens (tertiary/aromatic N) is 3. The van der Waals surface area contributed by atoms with Crippen molar-refractivity contribution in [1.29, 1.82) is 0 Å². The Labute approximate surface area is 68.8 Å². The van der Waals surface area contributed by atoms with E-state index in [-0.39, 0.29) is 0 Å². The van der Waals surface area contributed by atoms with E-state index in [1.54, 1.807) is 23.7 Å². The van der Waals surface area contributed by atoms with Gasteiger partial charge in [0.2, 0.25) is 0 Å². The number of fused-ring (bicyclic) bond motifs is 1. The maximum atomic E-state index is 10.5. The summed E-state index contributed by atoms with van der Waals surface area (Å²) in [6.45, 7) is 1.79. The van der Waals surface area contributed by atoms with Crippen LogP contribution >= 0.6 is 0 Å². The molecule has 0 N–H and O–H groups in total. The van der Waals surface area contributed by atoms with Gasteiger partial charge in [0.25, 0.3) is 0 Å². The molecule has 4 heteroatoms. The highest BCUT2D eigenvalue weighted by Crippen LogP contribution is 2.04. The van der Waals surface area contributed by atoms with E-state index in [0.717, 1.165) is 11.8 Å². The number of carbonyl (C=O) groups is 1. The largest absolute Gasteiger partial charge is 0.296 e. The summed E-state index contributed by atoms with van der Waals surface area (Å²) < 4.78 is 1.58. The first-order valence-electron chi connectivity index (χ1n) is 3.58. The number of hydrogen-bond acceptors (Lipinski definition) is 3. The molecule has 0 saturated heterocycles. The maximum Gasteiger partial charge on any atom is 0.168 e. The lowest BCUT2D eigenvalue weighted by atomic mass is 10.5. The number of rotatable bonds is 1. The van der Waals surface area contributed by atoms with Crippen molar-refractivity contribution in [2.75, 3.05) is 0 Å². The Bertz CT molecular complexity index is 433. The highest BCUT2D eigenvalue weighted by atomic mass is 16.1. The van der Waals surface area contributed by atoms with Crippen LogP contribution in [0.1, 0.15) is 16.3 Å². The van der Waals surface area contributed by atoms with Gasteiger partial charge in [0.1, 0.15) is 11.5 Å². The van der Waals surface area contributed by atoms with E-state index in [4.69, 9.17) is 0 Å². The van der Waals surface area contributed by atoms with Crippen molar-refractivity contribution < 1.29 is 4.79 Å². The first kappa shape index (κ1) is 6.97. The van der Waals surface area contributed by atoms with Gasteiger partial charge < -0.3 is 0 Å². The summed E-state index contributed by atoms with van der Waals surface area (Å²) in [6.07, 6.45) is 2.47. The molecule has 4 nitrogen and oxygen atoms in total. The van der Waals surface area contributed by atoms with Gasteiger partial charge in [0.15, 0.2) is 6.29 Å². The van der Waals surface area contributed by atoms with Gasteiger partial charge in [-0.2, -0.15) is 5.10 Å². The fourth-order valence-corrected chi connectivity index (χ4v) is 1.09. The van der Waals surface area contributed by atoms with Crippen LogP contribution in [0.2, 0.25) is 0 Å². The average Bonchev–Trinajstić information content (AvgIpc) is 2.46. The summed E-state index contributed by atoms with van der Waals surface area (Å²) in [5, 5.41) is 4.08. The van der Waals surface area contributed by atoms with Crippen LogP contribution in [-0.4, -0.2) is 20.9 Å². The van der Waals surface area contributed by atoms with Crippen LogP contribution in [0.3, 0.4) is 0 Å². The standard InChI is InChI=1S/C8H7N3O/c1-6-9-4-7-2-3-8(5-12)11(7)10-6/h2-5H,1H3. The van der Waals surface area contributed by atoms with Crippen LogP contribution < -0.4 is 0 Å². The van der Waals surface area contributed by atoms with Crippen molar-refractivity contribution in [3.8, 4) is 0 Å². The smallest absolute Gasteiger partial charge is 0.168 e. The molecule has 0 aliphatic heterocycles. The Kier molecular flexibility index (Phi) is 1.40. The summed E-state index contributed by atoms with van der Waals surface area (Å²) in [4.78, 5) is 14.5. The second kappa shape index (κ2) is 2.41. The van der Waals surface area contributed by atoms with Crippen molar-refractivity contribution in [3.05, 3.63) is 29.8 Å². The van der Waals surface area contributed by atoms with E-state index < -0.39 is 0 Å². The van der Waals surface area contributed by atoms with E-state index in [0.29, 0.717) is 11.5 Å². The molecule has 2 rings (SSSR count). The molecule has 0 aliphatic rings. The third kappa shape index (κ3) is 0.887. The average molecular weight is 161 g/mol. The van der Waals surface area contributed by atoms with E-state index >= 15 is 0 Å². The molecule has 0 aromatic carbocycles. The highest BCUT2D eigenvalue weighted by molar-refractivity contribution is 5.75. The minimum Gasteiger partial charge on any atom is -0.296 e. The summed E-state index contributed by atoms with van der Waals surface area (Å²) in [6, 6.07) is 3.53. The zero-order chi connectivity index (χ0) is 8.55. The van der Waals surface area contributed by atoms with Crippen LogP contribution in [0.4, 0.5) is 0 Å². The van der Waals surface area contributed by atoms with Crippen LogP contribution in [0, 0.1) is 6.92 Å². The Balaban J connectivity index is 2.83. The van der Waals surface area contributed by atoms with E-state index in [1.165, 1.54) is 0 Å². The van der Waals surface area contributed by atoms with Crippen LogP contribution in [0.15, 0.2) is 18.3 Å². The molecule has 0 spiro atoms. The normalized spacial score (nSPS) is 10.4. The minimum absolute atomic E-state index is 0.551. The van der Waals surface area contributed by atoms with Crippen molar-refractivity contribution in [2.45, 2.75) is 6.92 Å². The molecule has 2 heterocycles. The number of aryl methyl sites for hydroxylation is 1. The Morgan fingerprint density at radius 3 is 3.08 bits per heavy atom. The Morgan fingerprint density at radius 1 is 1.50 bits per heavy atom. The number of carbonyl (C=O) groups excluding carboxylic acids is 1. The number of aldehydes is 1. The third-order valence-corrected chi connectivity index (χ3v) is 1.66. The van der Waals surface area contributed by atoms with Gasteiger partial charge in [-0.1, -0.05) is 0 Å². The van der Waals surface area contributed by atoms with Gasteiger partial charge >= 0.3 is 0 Å². The number of hydrogen-bond donors (Lipinski definition) is 0. The van der Waals surface area contributed by atoms with Gasteiger partial charge in [0, 0.05) is 0 Å². The molecular weight excluding hydrogens is 154 g/mol. The SMILES string of the molecule is Cc1ncc2ccc(C=O)n2n1. The predicted octanol–water partition coefficient (Wildman–Crippen LogP) is 0.850. The van der Waals surface area contributed by atoms with Gasteiger partial charge in [-0.3, -0.25) is 4.79 Å². The molecule has 0 unspecified atom stereocenters. The molecule has 0 amide bonds. The molecule has 0 bridgehead atoms. The molecule has 2 aromatic rings. The minimum atomic E-state index is 0.551. The van der Waals surface area contributed by atoms with Crippen molar-refractivity contribution in [2.24, 2.45) is 0 Å². The van der Waals surface area contributed by atoms with Gasteiger partial charge in [0.05, 0.1) is 11.7 Å². The van der Waals surface area contributed by atoms with Crippen LogP contribution in [0.25, 0.3) is 5.52 Å². The first-order chi connectivity index (χ1) is 5.81. The molecule has 0 radical (unpaired) electrons. The predicted molar refractivity (Wildman–Crippen MR) is 43.1 cm³/mol. The topological polar surface area (TPSA) is 47.3 Å². The van der Waals surface area contributed by atoms with Gasteiger partial charge in [-0.05, 0) is 19.1 Å². The lowest BCUT2D eigenvalue weighted by Crippen LogP contribution is -1.99. The highest BCUT2D eigenvalue weighted by Gasteiger charge is 2.00.